The van der Waals surface area contributed by atoms with Gasteiger partial charge in [-0.05, 0) is 54.0 Å². The average molecular weight is 289 g/mol. The molecule has 1 aromatic heterocycles. The van der Waals surface area contributed by atoms with Crippen LogP contribution in [0.1, 0.15) is 25.5 Å². The van der Waals surface area contributed by atoms with Crippen molar-refractivity contribution in [3.63, 3.8) is 0 Å². The van der Waals surface area contributed by atoms with Crippen molar-refractivity contribution in [3.8, 4) is 5.75 Å². The molecule has 0 N–H and O–H groups in total. The molecule has 0 saturated heterocycles. The fourth-order valence-corrected chi connectivity index (χ4v) is 1.66. The highest BCUT2D eigenvalue weighted by molar-refractivity contribution is 14.1. The number of hydrogen-bond acceptors (Lipinski definition) is 2. The van der Waals surface area contributed by atoms with E-state index in [2.05, 4.69) is 34.5 Å². The summed E-state index contributed by atoms with van der Waals surface area (Å²) in [7, 11) is 0. The van der Waals surface area contributed by atoms with Crippen LogP contribution in [0.3, 0.4) is 0 Å². The Morgan fingerprint density at radius 1 is 1.54 bits per heavy atom. The Morgan fingerprint density at radius 2 is 2.31 bits per heavy atom. The van der Waals surface area contributed by atoms with Gasteiger partial charge in [0, 0.05) is 0 Å². The van der Waals surface area contributed by atoms with Gasteiger partial charge in [0.15, 0.2) is 0 Å². The van der Waals surface area contributed by atoms with Crippen LogP contribution >= 0.6 is 22.6 Å². The second-order valence-corrected chi connectivity index (χ2v) is 4.35. The van der Waals surface area contributed by atoms with Crippen LogP contribution < -0.4 is 4.74 Å². The van der Waals surface area contributed by atoms with Crippen molar-refractivity contribution in [2.75, 3.05) is 0 Å². The molecule has 0 bridgehead atoms. The van der Waals surface area contributed by atoms with E-state index in [9.17, 15) is 0 Å². The van der Waals surface area contributed by atoms with Gasteiger partial charge in [-0.3, -0.25) is 0 Å². The molecule has 0 radical (unpaired) electrons. The number of halogens is 1. The molecule has 0 aromatic carbocycles. The molecule has 1 aromatic rings. The molecule has 1 heterocycles. The van der Waals surface area contributed by atoms with Crippen LogP contribution in [0.4, 0.5) is 0 Å². The predicted molar refractivity (Wildman–Crippen MR) is 60.0 cm³/mol. The minimum Gasteiger partial charge on any atom is -0.489 e. The Balaban J connectivity index is 2.21. The molecule has 0 spiro atoms. The molecule has 1 aliphatic rings. The maximum Gasteiger partial charge on any atom is 0.141 e. The van der Waals surface area contributed by atoms with Gasteiger partial charge < -0.3 is 4.74 Å². The summed E-state index contributed by atoms with van der Waals surface area (Å²) < 4.78 is 6.78. The summed E-state index contributed by atoms with van der Waals surface area (Å²) in [5.74, 6) is 0.977. The Labute approximate surface area is 91.8 Å². The van der Waals surface area contributed by atoms with Crippen molar-refractivity contribution in [1.82, 2.24) is 4.98 Å². The summed E-state index contributed by atoms with van der Waals surface area (Å²) in [5, 5.41) is 0. The van der Waals surface area contributed by atoms with E-state index in [1.54, 1.807) is 0 Å². The lowest BCUT2D eigenvalue weighted by Crippen LogP contribution is -2.01. The largest absolute Gasteiger partial charge is 0.489 e. The van der Waals surface area contributed by atoms with Crippen molar-refractivity contribution >= 4 is 22.6 Å². The normalized spacial score (nSPS) is 15.8. The van der Waals surface area contributed by atoms with Gasteiger partial charge in [0.05, 0.1) is 11.8 Å². The quantitative estimate of drug-likeness (QED) is 0.630. The summed E-state index contributed by atoms with van der Waals surface area (Å²) in [6, 6.07) is 4.03. The molecule has 1 aliphatic carbocycles. The summed E-state index contributed by atoms with van der Waals surface area (Å²) >= 11 is 2.23. The van der Waals surface area contributed by atoms with Crippen LogP contribution in [0.5, 0.6) is 5.75 Å². The zero-order valence-electron chi connectivity index (χ0n) is 7.59. The molecule has 2 rings (SSSR count). The Kier molecular flexibility index (Phi) is 2.71. The lowest BCUT2D eigenvalue weighted by molar-refractivity contribution is 0.298. The molecule has 0 aliphatic heterocycles. The SMILES string of the molecule is CCc1nc(I)ccc1OC1CC1. The van der Waals surface area contributed by atoms with Crippen LogP contribution in [0.15, 0.2) is 12.1 Å². The molecule has 0 atom stereocenters. The monoisotopic (exact) mass is 289 g/mol. The summed E-state index contributed by atoms with van der Waals surface area (Å²) in [6.45, 7) is 2.11. The number of rotatable bonds is 3. The topological polar surface area (TPSA) is 22.1 Å². The summed E-state index contributed by atoms with van der Waals surface area (Å²) in [6.07, 6.45) is 3.82. The summed E-state index contributed by atoms with van der Waals surface area (Å²) in [5.41, 5.74) is 1.08. The zero-order valence-corrected chi connectivity index (χ0v) is 9.74. The van der Waals surface area contributed by atoms with Crippen LogP contribution in [0.25, 0.3) is 0 Å². The van der Waals surface area contributed by atoms with Crippen LogP contribution in [-0.2, 0) is 6.42 Å². The molecule has 3 heteroatoms. The third kappa shape index (κ3) is 2.33. The molecular formula is C10H12INO. The highest BCUT2D eigenvalue weighted by Crippen LogP contribution is 2.28. The molecule has 70 valence electrons. The van der Waals surface area contributed by atoms with E-state index < -0.39 is 0 Å². The van der Waals surface area contributed by atoms with Crippen molar-refractivity contribution in [1.29, 1.82) is 0 Å². The van der Waals surface area contributed by atoms with E-state index in [1.165, 1.54) is 12.8 Å². The predicted octanol–water partition coefficient (Wildman–Crippen LogP) is 2.79. The molecule has 2 nitrogen and oxygen atoms in total. The van der Waals surface area contributed by atoms with E-state index in [1.807, 2.05) is 12.1 Å². The second kappa shape index (κ2) is 3.82. The number of ether oxygens (including phenoxy) is 1. The first-order valence-corrected chi connectivity index (χ1v) is 5.69. The molecular weight excluding hydrogens is 277 g/mol. The minimum atomic E-state index is 0.465. The van der Waals surface area contributed by atoms with Gasteiger partial charge in [-0.15, -0.1) is 0 Å². The first kappa shape index (κ1) is 9.24. The first-order chi connectivity index (χ1) is 6.29. The van der Waals surface area contributed by atoms with E-state index in [0.29, 0.717) is 6.10 Å². The first-order valence-electron chi connectivity index (χ1n) is 4.61. The van der Waals surface area contributed by atoms with Crippen molar-refractivity contribution in [2.24, 2.45) is 0 Å². The number of aryl methyl sites for hydroxylation is 1. The lowest BCUT2D eigenvalue weighted by atomic mass is 10.3. The third-order valence-electron chi connectivity index (χ3n) is 2.05. The maximum atomic E-state index is 5.74. The van der Waals surface area contributed by atoms with Gasteiger partial charge in [0.1, 0.15) is 9.45 Å². The van der Waals surface area contributed by atoms with Gasteiger partial charge in [0.25, 0.3) is 0 Å². The van der Waals surface area contributed by atoms with Gasteiger partial charge in [-0.1, -0.05) is 6.92 Å². The number of nitrogens with zero attached hydrogens (tertiary/aromatic N) is 1. The highest BCUT2D eigenvalue weighted by atomic mass is 127. The minimum absolute atomic E-state index is 0.465. The Hall–Kier alpha value is -0.320. The van der Waals surface area contributed by atoms with Crippen LogP contribution in [0.2, 0.25) is 0 Å². The van der Waals surface area contributed by atoms with E-state index in [0.717, 1.165) is 21.6 Å². The lowest BCUT2D eigenvalue weighted by Gasteiger charge is -2.08. The van der Waals surface area contributed by atoms with Crippen molar-refractivity contribution < 1.29 is 4.74 Å². The second-order valence-electron chi connectivity index (χ2n) is 3.25. The van der Waals surface area contributed by atoms with Gasteiger partial charge in [-0.2, -0.15) is 0 Å². The fourth-order valence-electron chi connectivity index (χ4n) is 1.19. The number of pyridine rings is 1. The zero-order chi connectivity index (χ0) is 9.26. The van der Waals surface area contributed by atoms with Gasteiger partial charge >= 0.3 is 0 Å². The van der Waals surface area contributed by atoms with Gasteiger partial charge in [0.2, 0.25) is 0 Å². The molecule has 1 saturated carbocycles. The van der Waals surface area contributed by atoms with Gasteiger partial charge in [-0.25, -0.2) is 4.98 Å². The number of hydrogen-bond donors (Lipinski definition) is 0. The fraction of sp³-hybridized carbons (Fsp3) is 0.500. The summed E-state index contributed by atoms with van der Waals surface area (Å²) in [4.78, 5) is 4.43. The highest BCUT2D eigenvalue weighted by Gasteiger charge is 2.24. The third-order valence-corrected chi connectivity index (χ3v) is 2.65. The van der Waals surface area contributed by atoms with Crippen molar-refractivity contribution in [2.45, 2.75) is 32.3 Å². The molecule has 0 amide bonds. The van der Waals surface area contributed by atoms with Crippen LogP contribution in [0, 0.1) is 3.70 Å². The van der Waals surface area contributed by atoms with E-state index in [4.69, 9.17) is 4.74 Å². The Bertz CT molecular complexity index is 310. The smallest absolute Gasteiger partial charge is 0.141 e. The Morgan fingerprint density at radius 3 is 2.92 bits per heavy atom. The maximum absolute atomic E-state index is 5.74. The number of aromatic nitrogens is 1. The van der Waals surface area contributed by atoms with Crippen LogP contribution in [-0.4, -0.2) is 11.1 Å². The molecule has 0 unspecified atom stereocenters. The molecule has 1 fully saturated rings. The standard InChI is InChI=1S/C10H12INO/c1-2-8-9(13-7-3-4-7)5-6-10(11)12-8/h5-7H,2-4H2,1H3. The van der Waals surface area contributed by atoms with E-state index >= 15 is 0 Å². The molecule has 13 heavy (non-hydrogen) atoms. The average Bonchev–Trinajstić information content (AvgIpc) is 2.92. The van der Waals surface area contributed by atoms with Crippen molar-refractivity contribution in [3.05, 3.63) is 21.5 Å². The van der Waals surface area contributed by atoms with E-state index in [-0.39, 0.29) is 0 Å².